The Bertz CT molecular complexity index is 1060. The topological polar surface area (TPSA) is 89.1 Å². The van der Waals surface area contributed by atoms with Crippen molar-refractivity contribution < 1.29 is 31.1 Å². The van der Waals surface area contributed by atoms with Gasteiger partial charge in [0.25, 0.3) is 9.84 Å². The molecule has 0 aliphatic carbocycles. The molecule has 3 aromatic rings. The number of hydrogen-bond donors (Lipinski definition) is 1. The fourth-order valence-electron chi connectivity index (χ4n) is 2.35. The van der Waals surface area contributed by atoms with Crippen LogP contribution in [0.1, 0.15) is 29.2 Å². The molecule has 0 saturated heterocycles. The van der Waals surface area contributed by atoms with E-state index in [1.54, 1.807) is 25.1 Å². The van der Waals surface area contributed by atoms with Gasteiger partial charge >= 0.3 is 11.5 Å². The molecule has 142 valence electrons. The quantitative estimate of drug-likeness (QED) is 0.676. The van der Waals surface area contributed by atoms with Crippen LogP contribution in [-0.2, 0) is 14.6 Å². The van der Waals surface area contributed by atoms with E-state index in [0.717, 1.165) is 17.6 Å². The van der Waals surface area contributed by atoms with E-state index in [1.165, 1.54) is 0 Å². The van der Waals surface area contributed by atoms with Crippen molar-refractivity contribution in [2.75, 3.05) is 0 Å². The summed E-state index contributed by atoms with van der Waals surface area (Å²) in [6.07, 6.45) is -0.747. The number of imidazole rings is 1. The summed E-state index contributed by atoms with van der Waals surface area (Å²) >= 11 is 0. The van der Waals surface area contributed by atoms with Crippen LogP contribution in [0.2, 0.25) is 0 Å². The number of carbonyl (C=O) groups excluding carboxylic acids is 1. The smallest absolute Gasteiger partial charge is 0.451 e. The van der Waals surface area contributed by atoms with Gasteiger partial charge in [-0.25, -0.2) is 18.2 Å². The summed E-state index contributed by atoms with van der Waals surface area (Å²) < 4.78 is 65.5. The number of esters is 1. The normalized spacial score (nSPS) is 13.5. The number of fused-ring (bicyclic) bond motifs is 1. The van der Waals surface area contributed by atoms with E-state index >= 15 is 0 Å². The summed E-state index contributed by atoms with van der Waals surface area (Å²) in [5, 5.41) is 0. The van der Waals surface area contributed by atoms with E-state index in [9.17, 15) is 26.4 Å². The van der Waals surface area contributed by atoms with Crippen molar-refractivity contribution in [2.24, 2.45) is 0 Å². The molecule has 3 rings (SSSR count). The van der Waals surface area contributed by atoms with E-state index in [4.69, 9.17) is 4.74 Å². The average molecular weight is 398 g/mol. The maximum Gasteiger partial charge on any atom is 0.501 e. The van der Waals surface area contributed by atoms with Gasteiger partial charge in [-0.05, 0) is 43.3 Å². The molecule has 1 atom stereocenters. The van der Waals surface area contributed by atoms with Crippen molar-refractivity contribution in [1.82, 2.24) is 9.97 Å². The van der Waals surface area contributed by atoms with Gasteiger partial charge in [0.1, 0.15) is 5.82 Å². The second kappa shape index (κ2) is 6.69. The molecule has 27 heavy (non-hydrogen) atoms. The lowest BCUT2D eigenvalue weighted by Crippen LogP contribution is -2.23. The summed E-state index contributed by atoms with van der Waals surface area (Å²) in [6.45, 7) is 1.58. The first-order chi connectivity index (χ1) is 12.6. The number of aromatic nitrogens is 2. The minimum Gasteiger partial charge on any atom is -0.451 e. The van der Waals surface area contributed by atoms with Gasteiger partial charge in [-0.15, -0.1) is 0 Å². The van der Waals surface area contributed by atoms with Crippen LogP contribution in [0.15, 0.2) is 53.4 Å². The largest absolute Gasteiger partial charge is 0.501 e. The number of nitrogens with one attached hydrogen (secondary N) is 1. The molecule has 6 nitrogen and oxygen atoms in total. The number of H-pyrrole nitrogens is 1. The van der Waals surface area contributed by atoms with Gasteiger partial charge in [0, 0.05) is 0 Å². The molecule has 0 bridgehead atoms. The molecule has 10 heteroatoms. The minimum absolute atomic E-state index is 0.0842. The summed E-state index contributed by atoms with van der Waals surface area (Å²) in [5.74, 6) is -0.417. The van der Waals surface area contributed by atoms with E-state index in [0.29, 0.717) is 23.5 Å². The average Bonchev–Trinajstić information content (AvgIpc) is 3.05. The monoisotopic (exact) mass is 398 g/mol. The second-order valence-corrected chi connectivity index (χ2v) is 7.60. The number of aromatic amines is 1. The van der Waals surface area contributed by atoms with Crippen molar-refractivity contribution in [3.05, 3.63) is 59.9 Å². The molecule has 1 aromatic heterocycles. The Morgan fingerprint density at radius 3 is 2.33 bits per heavy atom. The lowest BCUT2D eigenvalue weighted by atomic mass is 10.2. The lowest BCUT2D eigenvalue weighted by Gasteiger charge is -2.11. The van der Waals surface area contributed by atoms with Gasteiger partial charge < -0.3 is 9.72 Å². The van der Waals surface area contributed by atoms with Crippen LogP contribution in [0.4, 0.5) is 13.2 Å². The number of hydrogen-bond acceptors (Lipinski definition) is 5. The van der Waals surface area contributed by atoms with Crippen LogP contribution < -0.4 is 0 Å². The number of alkyl halides is 3. The van der Waals surface area contributed by atoms with Gasteiger partial charge in [0.15, 0.2) is 6.10 Å². The van der Waals surface area contributed by atoms with Crippen LogP contribution >= 0.6 is 0 Å². The Labute approximate surface area is 151 Å². The fourth-order valence-corrected chi connectivity index (χ4v) is 3.11. The molecule has 0 aliphatic heterocycles. The summed E-state index contributed by atoms with van der Waals surface area (Å²) in [5.41, 5.74) is -4.04. The van der Waals surface area contributed by atoms with Crippen LogP contribution in [0.5, 0.6) is 0 Å². The molecular formula is C17H13F3N2O4S. The standard InChI is InChI=1S/C17H13F3N2O4S/c1-10(15-21-13-4-2-3-5-14(13)22-15)26-16(23)11-6-8-12(9-7-11)27(24,25)17(18,19)20/h2-10H,1H3,(H,21,22)/t10-/m1/s1. The highest BCUT2D eigenvalue weighted by Crippen LogP contribution is 2.30. The number of halogens is 3. The zero-order valence-electron chi connectivity index (χ0n) is 13.8. The number of sulfone groups is 1. The molecule has 1 heterocycles. The van der Waals surface area contributed by atoms with Crippen molar-refractivity contribution in [1.29, 1.82) is 0 Å². The van der Waals surface area contributed by atoms with Gasteiger partial charge in [-0.3, -0.25) is 0 Å². The fraction of sp³-hybridized carbons (Fsp3) is 0.176. The van der Waals surface area contributed by atoms with Crippen LogP contribution in [0.3, 0.4) is 0 Å². The van der Waals surface area contributed by atoms with E-state index < -0.39 is 32.3 Å². The highest BCUT2D eigenvalue weighted by atomic mass is 32.2. The van der Waals surface area contributed by atoms with E-state index in [-0.39, 0.29) is 5.56 Å². The molecule has 2 aromatic carbocycles. The predicted octanol–water partition coefficient (Wildman–Crippen LogP) is 3.77. The van der Waals surface area contributed by atoms with Gasteiger partial charge in [-0.1, -0.05) is 12.1 Å². The van der Waals surface area contributed by atoms with E-state index in [2.05, 4.69) is 9.97 Å². The molecule has 0 amide bonds. The number of para-hydroxylation sites is 2. The third-order valence-corrected chi connectivity index (χ3v) is 5.28. The van der Waals surface area contributed by atoms with Crippen molar-refractivity contribution in [2.45, 2.75) is 23.4 Å². The molecule has 0 fully saturated rings. The molecule has 0 radical (unpaired) electrons. The zero-order chi connectivity index (χ0) is 19.8. The molecule has 1 N–H and O–H groups in total. The first-order valence-corrected chi connectivity index (χ1v) is 9.15. The lowest BCUT2D eigenvalue weighted by molar-refractivity contribution is -0.0436. The number of benzene rings is 2. The molecule has 0 aliphatic rings. The van der Waals surface area contributed by atoms with Crippen molar-refractivity contribution in [3.63, 3.8) is 0 Å². The number of ether oxygens (including phenoxy) is 1. The first kappa shape index (κ1) is 18.9. The summed E-state index contributed by atoms with van der Waals surface area (Å²) in [4.78, 5) is 18.5. The highest BCUT2D eigenvalue weighted by Gasteiger charge is 2.46. The van der Waals surface area contributed by atoms with Gasteiger partial charge in [-0.2, -0.15) is 13.2 Å². The molecular weight excluding hydrogens is 385 g/mol. The Morgan fingerprint density at radius 1 is 1.11 bits per heavy atom. The van der Waals surface area contributed by atoms with Crippen molar-refractivity contribution in [3.8, 4) is 0 Å². The summed E-state index contributed by atoms with van der Waals surface area (Å²) in [6, 6.07) is 10.6. The SMILES string of the molecule is C[C@@H](OC(=O)c1ccc(S(=O)(=O)C(F)(F)F)cc1)c1nc2ccccc2[nH]1. The van der Waals surface area contributed by atoms with Crippen LogP contribution in [0.25, 0.3) is 11.0 Å². The predicted molar refractivity (Wildman–Crippen MR) is 89.6 cm³/mol. The van der Waals surface area contributed by atoms with Crippen LogP contribution in [0, 0.1) is 0 Å². The number of carbonyl (C=O) groups is 1. The Kier molecular flexibility index (Phi) is 4.68. The van der Waals surface area contributed by atoms with Crippen molar-refractivity contribution >= 4 is 26.8 Å². The zero-order valence-corrected chi connectivity index (χ0v) is 14.6. The minimum atomic E-state index is -5.47. The highest BCUT2D eigenvalue weighted by molar-refractivity contribution is 7.92. The maximum atomic E-state index is 12.5. The first-order valence-electron chi connectivity index (χ1n) is 7.66. The maximum absolute atomic E-state index is 12.5. The molecule has 0 saturated carbocycles. The third-order valence-electron chi connectivity index (χ3n) is 3.78. The summed E-state index contributed by atoms with van der Waals surface area (Å²) in [7, 11) is -5.47. The Balaban J connectivity index is 1.76. The number of rotatable bonds is 4. The van der Waals surface area contributed by atoms with E-state index in [1.807, 2.05) is 6.07 Å². The van der Waals surface area contributed by atoms with Gasteiger partial charge in [0.05, 0.1) is 21.5 Å². The molecule has 0 spiro atoms. The van der Waals surface area contributed by atoms with Gasteiger partial charge in [0.2, 0.25) is 0 Å². The third kappa shape index (κ3) is 3.65. The Morgan fingerprint density at radius 2 is 1.74 bits per heavy atom. The van der Waals surface area contributed by atoms with Crippen LogP contribution in [-0.4, -0.2) is 29.9 Å². The Hall–Kier alpha value is -2.88. The number of nitrogens with zero attached hydrogens (tertiary/aromatic N) is 1. The second-order valence-electron chi connectivity index (χ2n) is 5.66. The molecule has 0 unspecified atom stereocenters.